The van der Waals surface area contributed by atoms with Gasteiger partial charge in [0, 0.05) is 34.7 Å². The molecule has 1 aliphatic rings. The van der Waals surface area contributed by atoms with Crippen LogP contribution in [0.3, 0.4) is 0 Å². The largest absolute Gasteiger partial charge is 0.497 e. The molecule has 0 radical (unpaired) electrons. The maximum atomic E-state index is 13.3. The molecular weight excluding hydrogens is 596 g/mol. The Morgan fingerprint density at radius 1 is 0.933 bits per heavy atom. The van der Waals surface area contributed by atoms with Crippen LogP contribution >= 0.6 is 11.8 Å². The lowest BCUT2D eigenvalue weighted by molar-refractivity contribution is -0.384. The first kappa shape index (κ1) is 30.7. The molecule has 1 fully saturated rings. The number of nitro benzene ring substituents is 1. The third-order valence-corrected chi connectivity index (χ3v) is 7.97. The van der Waals surface area contributed by atoms with Gasteiger partial charge in [-0.25, -0.2) is 4.90 Å². The molecule has 45 heavy (non-hydrogen) atoms. The van der Waals surface area contributed by atoms with Gasteiger partial charge in [0.05, 0.1) is 23.0 Å². The number of nitrogens with one attached hydrogen (secondary N) is 2. The second kappa shape index (κ2) is 13.7. The van der Waals surface area contributed by atoms with Crippen molar-refractivity contribution in [3.63, 3.8) is 0 Å². The summed E-state index contributed by atoms with van der Waals surface area (Å²) in [6, 6.07) is 27.5. The van der Waals surface area contributed by atoms with Gasteiger partial charge in [0.1, 0.15) is 11.4 Å². The number of imide groups is 1. The number of amides is 4. The van der Waals surface area contributed by atoms with Crippen molar-refractivity contribution >= 4 is 58.5 Å². The van der Waals surface area contributed by atoms with E-state index >= 15 is 0 Å². The molecule has 1 atom stereocenters. The summed E-state index contributed by atoms with van der Waals surface area (Å²) in [4.78, 5) is 64.0. The van der Waals surface area contributed by atoms with Gasteiger partial charge in [0.15, 0.2) is 0 Å². The predicted molar refractivity (Wildman–Crippen MR) is 170 cm³/mol. The van der Waals surface area contributed by atoms with Crippen LogP contribution in [0.15, 0.2) is 114 Å². The van der Waals surface area contributed by atoms with Crippen LogP contribution in [0.4, 0.5) is 17.1 Å². The summed E-state index contributed by atoms with van der Waals surface area (Å²) < 4.78 is 5.19. The number of methoxy groups -OCH3 is 1. The van der Waals surface area contributed by atoms with Crippen LogP contribution in [0.1, 0.15) is 22.3 Å². The summed E-state index contributed by atoms with van der Waals surface area (Å²) in [5, 5.41) is 15.7. The van der Waals surface area contributed by atoms with Crippen LogP contribution in [-0.2, 0) is 14.4 Å². The zero-order valence-corrected chi connectivity index (χ0v) is 24.7. The van der Waals surface area contributed by atoms with Crippen molar-refractivity contribution in [1.82, 2.24) is 5.32 Å². The summed E-state index contributed by atoms with van der Waals surface area (Å²) in [5.74, 6) is -1.17. The Hall–Kier alpha value is -5.75. The number of hydrogen-bond acceptors (Lipinski definition) is 8. The van der Waals surface area contributed by atoms with Crippen molar-refractivity contribution in [2.24, 2.45) is 0 Å². The van der Waals surface area contributed by atoms with E-state index in [1.54, 1.807) is 92.0 Å². The number of nitrogens with zero attached hydrogens (tertiary/aromatic N) is 2. The predicted octanol–water partition coefficient (Wildman–Crippen LogP) is 5.44. The summed E-state index contributed by atoms with van der Waals surface area (Å²) >= 11 is 1.20. The fraction of sp³-hybridized carbons (Fsp3) is 0.0909. The van der Waals surface area contributed by atoms with Gasteiger partial charge in [-0.3, -0.25) is 29.3 Å². The van der Waals surface area contributed by atoms with Gasteiger partial charge in [0.2, 0.25) is 11.8 Å². The highest BCUT2D eigenvalue weighted by molar-refractivity contribution is 8.00. The summed E-state index contributed by atoms with van der Waals surface area (Å²) in [7, 11) is 1.55. The molecule has 4 aromatic carbocycles. The third-order valence-electron chi connectivity index (χ3n) is 6.77. The van der Waals surface area contributed by atoms with Gasteiger partial charge in [-0.05, 0) is 72.3 Å². The van der Waals surface area contributed by atoms with E-state index in [1.807, 2.05) is 0 Å². The Balaban J connectivity index is 1.27. The van der Waals surface area contributed by atoms with Crippen molar-refractivity contribution in [2.75, 3.05) is 17.3 Å². The number of benzene rings is 4. The number of thioether (sulfide) groups is 1. The molecule has 0 saturated carbocycles. The van der Waals surface area contributed by atoms with Gasteiger partial charge in [0.25, 0.3) is 17.5 Å². The van der Waals surface area contributed by atoms with E-state index in [2.05, 4.69) is 10.6 Å². The normalized spacial score (nSPS) is 14.6. The molecule has 4 amide bonds. The second-order valence-electron chi connectivity index (χ2n) is 9.78. The van der Waals surface area contributed by atoms with Gasteiger partial charge in [-0.15, -0.1) is 11.8 Å². The van der Waals surface area contributed by atoms with Crippen LogP contribution in [0.5, 0.6) is 5.75 Å². The molecule has 226 valence electrons. The minimum absolute atomic E-state index is 0.0221. The number of non-ortho nitro benzene ring substituents is 1. The lowest BCUT2D eigenvalue weighted by Crippen LogP contribution is -2.31. The number of nitro groups is 1. The standard InChI is InChI=1S/C33H26N4O7S/c1-44-26-15-7-21(8-16-26)19-28(35-31(39)22-5-3-2-4-6-22)32(40)34-23-9-17-27(18-10-23)45-29-20-30(38)36(33(29)41)24-11-13-25(14-12-24)37(42)43/h2-19,29H,20H2,1H3,(H,34,40)(H,35,39)/b28-19-. The molecule has 4 aromatic rings. The van der Waals surface area contributed by atoms with Gasteiger partial charge < -0.3 is 15.4 Å². The Labute approximate surface area is 262 Å². The average molecular weight is 623 g/mol. The minimum Gasteiger partial charge on any atom is -0.497 e. The summed E-state index contributed by atoms with van der Waals surface area (Å²) in [6.45, 7) is 0. The highest BCUT2D eigenvalue weighted by atomic mass is 32.2. The van der Waals surface area contributed by atoms with Crippen LogP contribution in [0.2, 0.25) is 0 Å². The number of carbonyl (C=O) groups is 4. The molecule has 11 nitrogen and oxygen atoms in total. The maximum absolute atomic E-state index is 13.3. The number of carbonyl (C=O) groups excluding carboxylic acids is 4. The minimum atomic E-state index is -0.680. The first-order chi connectivity index (χ1) is 21.7. The Morgan fingerprint density at radius 2 is 1.60 bits per heavy atom. The maximum Gasteiger partial charge on any atom is 0.272 e. The lowest BCUT2D eigenvalue weighted by atomic mass is 10.1. The quantitative estimate of drug-likeness (QED) is 0.103. The fourth-order valence-electron chi connectivity index (χ4n) is 4.48. The van der Waals surface area contributed by atoms with Crippen molar-refractivity contribution in [2.45, 2.75) is 16.6 Å². The van der Waals surface area contributed by atoms with Gasteiger partial charge >= 0.3 is 0 Å². The first-order valence-electron chi connectivity index (χ1n) is 13.6. The topological polar surface area (TPSA) is 148 Å². The summed E-state index contributed by atoms with van der Waals surface area (Å²) in [6.07, 6.45) is 1.53. The highest BCUT2D eigenvalue weighted by Crippen LogP contribution is 2.35. The van der Waals surface area contributed by atoms with Crippen LogP contribution in [-0.4, -0.2) is 40.9 Å². The number of ether oxygens (including phenoxy) is 1. The molecule has 0 bridgehead atoms. The van der Waals surface area contributed by atoms with Gasteiger partial charge in [-0.1, -0.05) is 30.3 Å². The molecule has 0 aromatic heterocycles. The molecule has 0 aliphatic carbocycles. The van der Waals surface area contributed by atoms with Crippen molar-refractivity contribution in [3.05, 3.63) is 130 Å². The van der Waals surface area contributed by atoms with Gasteiger partial charge in [-0.2, -0.15) is 0 Å². The zero-order valence-electron chi connectivity index (χ0n) is 23.8. The first-order valence-corrected chi connectivity index (χ1v) is 14.5. The molecule has 12 heteroatoms. The molecule has 0 spiro atoms. The van der Waals surface area contributed by atoms with Crippen LogP contribution < -0.4 is 20.3 Å². The monoisotopic (exact) mass is 622 g/mol. The number of hydrogen-bond donors (Lipinski definition) is 2. The molecule has 1 aliphatic heterocycles. The van der Waals surface area contributed by atoms with E-state index < -0.39 is 33.8 Å². The highest BCUT2D eigenvalue weighted by Gasteiger charge is 2.40. The van der Waals surface area contributed by atoms with Crippen molar-refractivity contribution in [1.29, 1.82) is 0 Å². The zero-order chi connectivity index (χ0) is 31.9. The molecule has 1 saturated heterocycles. The molecular formula is C33H26N4O7S. The molecule has 1 heterocycles. The SMILES string of the molecule is COc1ccc(/C=C(\NC(=O)c2ccccc2)C(=O)Nc2ccc(SC3CC(=O)N(c4ccc([N+](=O)[O-])cc4)C3=O)cc2)cc1. The molecule has 5 rings (SSSR count). The third kappa shape index (κ3) is 7.43. The molecule has 2 N–H and O–H groups in total. The van der Waals surface area contributed by atoms with Crippen molar-refractivity contribution < 1.29 is 28.8 Å². The Bertz CT molecular complexity index is 1770. The summed E-state index contributed by atoms with van der Waals surface area (Å²) in [5.41, 5.74) is 1.65. The average Bonchev–Trinajstić information content (AvgIpc) is 3.33. The Kier molecular flexibility index (Phi) is 9.34. The molecule has 1 unspecified atom stereocenters. The van der Waals surface area contributed by atoms with E-state index in [0.717, 1.165) is 4.90 Å². The number of rotatable bonds is 10. The van der Waals surface area contributed by atoms with Crippen molar-refractivity contribution in [3.8, 4) is 5.75 Å². The van der Waals surface area contributed by atoms with Crippen LogP contribution in [0, 0.1) is 10.1 Å². The number of anilines is 2. The van der Waals surface area contributed by atoms with E-state index in [4.69, 9.17) is 4.74 Å². The smallest absolute Gasteiger partial charge is 0.272 e. The Morgan fingerprint density at radius 3 is 2.22 bits per heavy atom. The van der Waals surface area contributed by atoms with E-state index in [9.17, 15) is 29.3 Å². The fourth-order valence-corrected chi connectivity index (χ4v) is 5.53. The van der Waals surface area contributed by atoms with E-state index in [0.29, 0.717) is 27.5 Å². The van der Waals surface area contributed by atoms with Crippen LogP contribution in [0.25, 0.3) is 6.08 Å². The lowest BCUT2D eigenvalue weighted by Gasteiger charge is -2.15. The second-order valence-corrected chi connectivity index (χ2v) is 11.1. The van der Waals surface area contributed by atoms with E-state index in [1.165, 1.54) is 36.0 Å². The van der Waals surface area contributed by atoms with E-state index in [-0.39, 0.29) is 23.5 Å².